The lowest BCUT2D eigenvalue weighted by molar-refractivity contribution is 0.134. The van der Waals surface area contributed by atoms with E-state index >= 15 is 0 Å². The lowest BCUT2D eigenvalue weighted by Gasteiger charge is -2.12. The number of fused-ring (bicyclic) bond motifs is 1. The zero-order chi connectivity index (χ0) is 14.1. The van der Waals surface area contributed by atoms with Gasteiger partial charge in [0, 0.05) is 4.83 Å². The van der Waals surface area contributed by atoms with Gasteiger partial charge in [0.2, 0.25) is 0 Å². The summed E-state index contributed by atoms with van der Waals surface area (Å²) in [5.41, 5.74) is 3.80. The molecule has 2 aromatic rings. The van der Waals surface area contributed by atoms with Gasteiger partial charge in [-0.15, -0.1) is 0 Å². The minimum absolute atomic E-state index is 0.0512. The summed E-state index contributed by atoms with van der Waals surface area (Å²) < 4.78 is 32.3. The molecule has 0 spiro atoms. The van der Waals surface area contributed by atoms with E-state index < -0.39 is 11.6 Å². The van der Waals surface area contributed by atoms with Gasteiger partial charge in [-0.1, -0.05) is 46.3 Å². The van der Waals surface area contributed by atoms with Crippen molar-refractivity contribution in [1.82, 2.24) is 0 Å². The molecule has 1 heterocycles. The van der Waals surface area contributed by atoms with Crippen LogP contribution in [0.5, 0.6) is 0 Å². The van der Waals surface area contributed by atoms with E-state index in [4.69, 9.17) is 4.74 Å². The third-order valence-electron chi connectivity index (χ3n) is 3.54. The van der Waals surface area contributed by atoms with Crippen molar-refractivity contribution in [3.8, 4) is 0 Å². The number of hydrogen-bond donors (Lipinski definition) is 0. The summed E-state index contributed by atoms with van der Waals surface area (Å²) in [4.78, 5) is -0.0512. The molecule has 0 aromatic heterocycles. The Balaban J connectivity index is 1.82. The quantitative estimate of drug-likeness (QED) is 0.738. The molecule has 1 aliphatic heterocycles. The largest absolute Gasteiger partial charge is 0.372 e. The Hall–Kier alpha value is -1.26. The molecule has 3 rings (SSSR count). The molecule has 0 saturated heterocycles. The Kier molecular flexibility index (Phi) is 3.85. The maximum Gasteiger partial charge on any atom is 0.162 e. The Morgan fingerprint density at radius 3 is 2.75 bits per heavy atom. The van der Waals surface area contributed by atoms with Crippen molar-refractivity contribution >= 4 is 15.9 Å². The highest BCUT2D eigenvalue weighted by Crippen LogP contribution is 2.31. The second-order valence-corrected chi connectivity index (χ2v) is 6.01. The Labute approximate surface area is 124 Å². The normalized spacial score (nSPS) is 15.2. The molecule has 0 N–H and O–H groups in total. The van der Waals surface area contributed by atoms with Gasteiger partial charge in [-0.05, 0) is 34.7 Å². The van der Waals surface area contributed by atoms with Gasteiger partial charge < -0.3 is 4.74 Å². The Morgan fingerprint density at radius 2 is 1.90 bits per heavy atom. The third kappa shape index (κ3) is 2.63. The van der Waals surface area contributed by atoms with Crippen molar-refractivity contribution < 1.29 is 13.5 Å². The van der Waals surface area contributed by atoms with Crippen LogP contribution in [-0.4, -0.2) is 0 Å². The molecule has 0 fully saturated rings. The molecule has 1 aliphatic rings. The van der Waals surface area contributed by atoms with Crippen LogP contribution in [-0.2, 0) is 24.4 Å². The lowest BCUT2D eigenvalue weighted by atomic mass is 10.00. The molecule has 1 atom stereocenters. The highest BCUT2D eigenvalue weighted by atomic mass is 79.9. The lowest BCUT2D eigenvalue weighted by Crippen LogP contribution is -2.00. The molecular formula is C16H13BrF2O. The van der Waals surface area contributed by atoms with Crippen LogP contribution in [0.25, 0.3) is 0 Å². The van der Waals surface area contributed by atoms with E-state index in [9.17, 15) is 8.78 Å². The first kappa shape index (κ1) is 13.7. The van der Waals surface area contributed by atoms with Crippen LogP contribution < -0.4 is 0 Å². The molecule has 1 nitrogen and oxygen atoms in total. The summed E-state index contributed by atoms with van der Waals surface area (Å²) in [5, 5.41) is 0. The van der Waals surface area contributed by atoms with Crippen molar-refractivity contribution in [3.05, 3.63) is 70.3 Å². The molecule has 4 heteroatoms. The van der Waals surface area contributed by atoms with E-state index in [0.29, 0.717) is 25.2 Å². The van der Waals surface area contributed by atoms with E-state index in [1.807, 2.05) is 12.1 Å². The number of alkyl halides is 1. The summed E-state index contributed by atoms with van der Waals surface area (Å²) in [7, 11) is 0. The van der Waals surface area contributed by atoms with Gasteiger partial charge in [-0.2, -0.15) is 0 Å². The van der Waals surface area contributed by atoms with Gasteiger partial charge in [0.1, 0.15) is 0 Å². The van der Waals surface area contributed by atoms with Crippen LogP contribution in [0.2, 0.25) is 0 Å². The van der Waals surface area contributed by atoms with E-state index in [-0.39, 0.29) is 4.83 Å². The van der Waals surface area contributed by atoms with Gasteiger partial charge in [0.15, 0.2) is 11.6 Å². The standard InChI is InChI=1S/C16H13BrF2O/c17-14(7-11-2-1-3-15(18)16(11)19)10-4-5-12-8-20-9-13(12)6-10/h1-6,14H,7-9H2. The maximum absolute atomic E-state index is 13.7. The van der Waals surface area contributed by atoms with Crippen molar-refractivity contribution in [2.45, 2.75) is 24.5 Å². The molecular weight excluding hydrogens is 326 g/mol. The predicted octanol–water partition coefficient (Wildman–Crippen LogP) is 4.67. The SMILES string of the molecule is Fc1cccc(CC(Br)c2ccc3c(c2)COC3)c1F. The molecule has 0 amide bonds. The molecule has 1 unspecified atom stereocenters. The summed E-state index contributed by atoms with van der Waals surface area (Å²) in [6.45, 7) is 1.28. The summed E-state index contributed by atoms with van der Waals surface area (Å²) in [6.07, 6.45) is 0.406. The zero-order valence-electron chi connectivity index (χ0n) is 10.7. The van der Waals surface area contributed by atoms with E-state index in [0.717, 1.165) is 11.6 Å². The summed E-state index contributed by atoms with van der Waals surface area (Å²) in [6, 6.07) is 10.4. The van der Waals surface area contributed by atoms with Crippen LogP contribution in [0.4, 0.5) is 8.78 Å². The Morgan fingerprint density at radius 1 is 1.10 bits per heavy atom. The average Bonchev–Trinajstić information content (AvgIpc) is 2.91. The minimum atomic E-state index is -0.801. The van der Waals surface area contributed by atoms with Crippen LogP contribution in [0.3, 0.4) is 0 Å². The number of benzene rings is 2. The monoisotopic (exact) mass is 338 g/mol. The first-order valence-corrected chi connectivity index (χ1v) is 7.33. The zero-order valence-corrected chi connectivity index (χ0v) is 12.3. The fraction of sp³-hybridized carbons (Fsp3) is 0.250. The molecule has 2 aromatic carbocycles. The van der Waals surface area contributed by atoms with Crippen molar-refractivity contribution in [1.29, 1.82) is 0 Å². The average molecular weight is 339 g/mol. The predicted molar refractivity (Wildman–Crippen MR) is 76.7 cm³/mol. The van der Waals surface area contributed by atoms with Gasteiger partial charge in [0.25, 0.3) is 0 Å². The van der Waals surface area contributed by atoms with Crippen LogP contribution >= 0.6 is 15.9 Å². The maximum atomic E-state index is 13.7. The van der Waals surface area contributed by atoms with Crippen LogP contribution in [0, 0.1) is 11.6 Å². The molecule has 0 saturated carbocycles. The topological polar surface area (TPSA) is 9.23 Å². The fourth-order valence-corrected chi connectivity index (χ4v) is 3.04. The van der Waals surface area contributed by atoms with Gasteiger partial charge >= 0.3 is 0 Å². The van der Waals surface area contributed by atoms with Crippen LogP contribution in [0.15, 0.2) is 36.4 Å². The van der Waals surface area contributed by atoms with Gasteiger partial charge in [-0.25, -0.2) is 8.78 Å². The number of ether oxygens (including phenoxy) is 1. The second kappa shape index (κ2) is 5.62. The number of halogens is 3. The fourth-order valence-electron chi connectivity index (χ4n) is 2.40. The highest BCUT2D eigenvalue weighted by molar-refractivity contribution is 9.09. The summed E-state index contributed by atoms with van der Waals surface area (Å²) >= 11 is 3.56. The number of hydrogen-bond acceptors (Lipinski definition) is 1. The first-order valence-electron chi connectivity index (χ1n) is 6.41. The van der Waals surface area contributed by atoms with Crippen molar-refractivity contribution in [3.63, 3.8) is 0 Å². The number of rotatable bonds is 3. The molecule has 20 heavy (non-hydrogen) atoms. The van der Waals surface area contributed by atoms with E-state index in [1.54, 1.807) is 6.07 Å². The van der Waals surface area contributed by atoms with Gasteiger partial charge in [-0.3, -0.25) is 0 Å². The highest BCUT2D eigenvalue weighted by Gasteiger charge is 2.17. The smallest absolute Gasteiger partial charge is 0.162 e. The minimum Gasteiger partial charge on any atom is -0.372 e. The molecule has 104 valence electrons. The second-order valence-electron chi connectivity index (χ2n) is 4.91. The third-order valence-corrected chi connectivity index (χ3v) is 4.39. The Bertz CT molecular complexity index is 642. The molecule has 0 aliphatic carbocycles. The molecule has 0 radical (unpaired) electrons. The van der Waals surface area contributed by atoms with E-state index in [2.05, 4.69) is 22.0 Å². The first-order chi connectivity index (χ1) is 9.65. The van der Waals surface area contributed by atoms with Gasteiger partial charge in [0.05, 0.1) is 13.2 Å². The van der Waals surface area contributed by atoms with Crippen molar-refractivity contribution in [2.75, 3.05) is 0 Å². The molecule has 0 bridgehead atoms. The van der Waals surface area contributed by atoms with E-state index in [1.165, 1.54) is 17.2 Å². The van der Waals surface area contributed by atoms with Crippen LogP contribution in [0.1, 0.15) is 27.1 Å². The van der Waals surface area contributed by atoms with Crippen molar-refractivity contribution in [2.24, 2.45) is 0 Å². The summed E-state index contributed by atoms with van der Waals surface area (Å²) in [5.74, 6) is -1.56.